The monoisotopic (exact) mass is 364 g/mol. The van der Waals surface area contributed by atoms with E-state index in [9.17, 15) is 14.9 Å². The van der Waals surface area contributed by atoms with E-state index in [0.29, 0.717) is 5.56 Å². The molecule has 0 amide bonds. The summed E-state index contributed by atoms with van der Waals surface area (Å²) in [6.07, 6.45) is 5.05. The number of allylic oxidation sites excluding steroid dienone is 2. The van der Waals surface area contributed by atoms with E-state index in [2.05, 4.69) is 17.5 Å². The lowest BCUT2D eigenvalue weighted by atomic mass is 9.75. The van der Waals surface area contributed by atoms with Crippen LogP contribution in [0.2, 0.25) is 0 Å². The molecule has 0 bridgehead atoms. The zero-order chi connectivity index (χ0) is 19.1. The number of nitro groups is 1. The summed E-state index contributed by atoms with van der Waals surface area (Å²) >= 11 is 0. The number of nitro benzene ring substituents is 1. The molecule has 2 aromatic carbocycles. The van der Waals surface area contributed by atoms with Crippen molar-refractivity contribution in [2.75, 3.05) is 12.4 Å². The number of benzene rings is 2. The summed E-state index contributed by atoms with van der Waals surface area (Å²) in [5, 5.41) is 15.1. The Balaban J connectivity index is 1.77. The first-order valence-corrected chi connectivity index (χ1v) is 8.90. The Morgan fingerprint density at radius 2 is 1.96 bits per heavy atom. The highest BCUT2D eigenvalue weighted by Crippen LogP contribution is 2.53. The smallest absolute Gasteiger partial charge is 0.337 e. The number of rotatable bonds is 3. The number of anilines is 1. The molecule has 6 nitrogen and oxygen atoms in total. The van der Waals surface area contributed by atoms with E-state index in [0.717, 1.165) is 28.8 Å². The number of aryl methyl sites for hydroxylation is 1. The predicted octanol–water partition coefficient (Wildman–Crippen LogP) is 4.52. The van der Waals surface area contributed by atoms with E-state index < -0.39 is 0 Å². The average molecular weight is 364 g/mol. The van der Waals surface area contributed by atoms with E-state index >= 15 is 0 Å². The highest BCUT2D eigenvalue weighted by molar-refractivity contribution is 5.89. The van der Waals surface area contributed by atoms with Gasteiger partial charge >= 0.3 is 5.97 Å². The largest absolute Gasteiger partial charge is 0.465 e. The third kappa shape index (κ3) is 2.77. The van der Waals surface area contributed by atoms with Gasteiger partial charge in [0.05, 0.1) is 29.2 Å². The van der Waals surface area contributed by atoms with Crippen molar-refractivity contribution < 1.29 is 14.5 Å². The second kappa shape index (κ2) is 6.54. The molecule has 138 valence electrons. The van der Waals surface area contributed by atoms with E-state index in [-0.39, 0.29) is 34.5 Å². The Hall–Kier alpha value is -3.15. The second-order valence-corrected chi connectivity index (χ2v) is 7.04. The minimum Gasteiger partial charge on any atom is -0.465 e. The van der Waals surface area contributed by atoms with Crippen LogP contribution < -0.4 is 5.32 Å². The second-order valence-electron chi connectivity index (χ2n) is 7.04. The van der Waals surface area contributed by atoms with Crippen LogP contribution >= 0.6 is 0 Å². The van der Waals surface area contributed by atoms with Crippen LogP contribution in [0.3, 0.4) is 0 Å². The zero-order valence-corrected chi connectivity index (χ0v) is 15.1. The van der Waals surface area contributed by atoms with E-state index in [1.165, 1.54) is 7.11 Å². The molecule has 0 saturated heterocycles. The number of nitrogens with one attached hydrogen (secondary N) is 1. The average Bonchev–Trinajstić information content (AvgIpc) is 3.17. The molecule has 3 unspecified atom stereocenters. The van der Waals surface area contributed by atoms with Crippen LogP contribution in [-0.4, -0.2) is 18.0 Å². The number of carbonyl (C=O) groups excluding carboxylic acids is 1. The number of nitrogens with zero attached hydrogens (tertiary/aromatic N) is 1. The molecular weight excluding hydrogens is 344 g/mol. The van der Waals surface area contributed by atoms with Gasteiger partial charge in [0, 0.05) is 17.7 Å². The summed E-state index contributed by atoms with van der Waals surface area (Å²) in [4.78, 5) is 22.9. The van der Waals surface area contributed by atoms with Gasteiger partial charge in [0.1, 0.15) is 0 Å². The summed E-state index contributed by atoms with van der Waals surface area (Å²) in [5.41, 5.74) is 4.35. The Morgan fingerprint density at radius 3 is 2.63 bits per heavy atom. The first-order valence-electron chi connectivity index (χ1n) is 8.90. The van der Waals surface area contributed by atoms with Crippen molar-refractivity contribution in [1.29, 1.82) is 0 Å². The standard InChI is InChI=1S/C21H20N2O4/c1-12-6-11-17(23(25)26)18-15-4-3-5-16(15)20(22-19(12)18)13-7-9-14(10-8-13)21(24)27-2/h3-4,6-11,15-16,20,22H,5H2,1-2H3. The summed E-state index contributed by atoms with van der Waals surface area (Å²) in [5.74, 6) is -0.163. The molecule has 1 heterocycles. The molecule has 0 saturated carbocycles. The summed E-state index contributed by atoms with van der Waals surface area (Å²) < 4.78 is 4.76. The van der Waals surface area contributed by atoms with Gasteiger partial charge < -0.3 is 10.1 Å². The third-order valence-corrected chi connectivity index (χ3v) is 5.59. The molecule has 2 aromatic rings. The number of methoxy groups -OCH3 is 1. The fourth-order valence-corrected chi connectivity index (χ4v) is 4.27. The van der Waals surface area contributed by atoms with Gasteiger partial charge in [0.25, 0.3) is 5.69 Å². The molecule has 0 spiro atoms. The molecule has 0 radical (unpaired) electrons. The van der Waals surface area contributed by atoms with Gasteiger partial charge in [-0.3, -0.25) is 10.1 Å². The first kappa shape index (κ1) is 17.3. The van der Waals surface area contributed by atoms with Crippen LogP contribution in [0, 0.1) is 23.0 Å². The number of carbonyl (C=O) groups is 1. The van der Waals surface area contributed by atoms with Crippen molar-refractivity contribution in [1.82, 2.24) is 0 Å². The Kier molecular flexibility index (Phi) is 4.18. The normalized spacial score (nSPS) is 22.5. The molecular formula is C21H20N2O4. The molecule has 4 rings (SSSR count). The van der Waals surface area contributed by atoms with Gasteiger partial charge in [-0.05, 0) is 42.5 Å². The summed E-state index contributed by atoms with van der Waals surface area (Å²) in [6.45, 7) is 1.96. The van der Waals surface area contributed by atoms with E-state index in [4.69, 9.17) is 4.74 Å². The first-order chi connectivity index (χ1) is 13.0. The lowest BCUT2D eigenvalue weighted by Crippen LogP contribution is -2.30. The van der Waals surface area contributed by atoms with Crippen LogP contribution in [0.4, 0.5) is 11.4 Å². The van der Waals surface area contributed by atoms with Gasteiger partial charge in [0.2, 0.25) is 0 Å². The van der Waals surface area contributed by atoms with Crippen LogP contribution in [0.5, 0.6) is 0 Å². The number of hydrogen-bond donors (Lipinski definition) is 1. The minimum atomic E-state index is -0.365. The third-order valence-electron chi connectivity index (χ3n) is 5.59. The molecule has 6 heteroatoms. The summed E-state index contributed by atoms with van der Waals surface area (Å²) in [6, 6.07) is 10.8. The molecule has 0 fully saturated rings. The predicted molar refractivity (Wildman–Crippen MR) is 102 cm³/mol. The topological polar surface area (TPSA) is 81.5 Å². The van der Waals surface area contributed by atoms with Gasteiger partial charge in [-0.1, -0.05) is 30.4 Å². The van der Waals surface area contributed by atoms with Crippen molar-refractivity contribution in [2.24, 2.45) is 5.92 Å². The Labute approximate surface area is 157 Å². The maximum atomic E-state index is 11.7. The molecule has 3 atom stereocenters. The van der Waals surface area contributed by atoms with Crippen molar-refractivity contribution >= 4 is 17.3 Å². The Morgan fingerprint density at radius 1 is 1.22 bits per heavy atom. The van der Waals surface area contributed by atoms with E-state index in [1.54, 1.807) is 24.3 Å². The van der Waals surface area contributed by atoms with Crippen molar-refractivity contribution in [3.8, 4) is 0 Å². The number of esters is 1. The van der Waals surface area contributed by atoms with Crippen LogP contribution in [0.25, 0.3) is 0 Å². The number of fused-ring (bicyclic) bond motifs is 3. The van der Waals surface area contributed by atoms with Gasteiger partial charge in [-0.15, -0.1) is 0 Å². The van der Waals surface area contributed by atoms with Crippen LogP contribution in [-0.2, 0) is 4.74 Å². The fraction of sp³-hybridized carbons (Fsp3) is 0.286. The molecule has 1 aliphatic carbocycles. The maximum Gasteiger partial charge on any atom is 0.337 e. The number of ether oxygens (including phenoxy) is 1. The zero-order valence-electron chi connectivity index (χ0n) is 15.1. The highest BCUT2D eigenvalue weighted by Gasteiger charge is 2.42. The quantitative estimate of drug-likeness (QED) is 0.375. The van der Waals surface area contributed by atoms with Crippen LogP contribution in [0.1, 0.15) is 45.4 Å². The molecule has 2 aliphatic rings. The molecule has 1 aliphatic heterocycles. The van der Waals surface area contributed by atoms with Gasteiger partial charge in [0.15, 0.2) is 0 Å². The SMILES string of the molecule is COC(=O)c1ccc(C2Nc3c(C)ccc([N+](=O)[O-])c3C3C=CCC32)cc1. The lowest BCUT2D eigenvalue weighted by molar-refractivity contribution is -0.385. The fourth-order valence-electron chi connectivity index (χ4n) is 4.27. The minimum absolute atomic E-state index is 0.00633. The van der Waals surface area contributed by atoms with Crippen LogP contribution in [0.15, 0.2) is 48.6 Å². The van der Waals surface area contributed by atoms with E-state index in [1.807, 2.05) is 19.1 Å². The van der Waals surface area contributed by atoms with Crippen molar-refractivity contribution in [2.45, 2.75) is 25.3 Å². The van der Waals surface area contributed by atoms with Crippen molar-refractivity contribution in [3.05, 3.63) is 80.9 Å². The van der Waals surface area contributed by atoms with Crippen molar-refractivity contribution in [3.63, 3.8) is 0 Å². The molecule has 27 heavy (non-hydrogen) atoms. The number of hydrogen-bond acceptors (Lipinski definition) is 5. The maximum absolute atomic E-state index is 11.7. The Bertz CT molecular complexity index is 949. The lowest BCUT2D eigenvalue weighted by Gasteiger charge is -2.38. The molecule has 1 N–H and O–H groups in total. The molecule has 0 aromatic heterocycles. The van der Waals surface area contributed by atoms with Gasteiger partial charge in [-0.2, -0.15) is 0 Å². The highest BCUT2D eigenvalue weighted by atomic mass is 16.6. The van der Waals surface area contributed by atoms with Gasteiger partial charge in [-0.25, -0.2) is 4.79 Å². The summed E-state index contributed by atoms with van der Waals surface area (Å²) in [7, 11) is 1.36.